The normalized spacial score (nSPS) is 21.3. The largest absolute Gasteiger partial charge is 0.324 e. The van der Waals surface area contributed by atoms with E-state index < -0.39 is 0 Å². The highest BCUT2D eigenvalue weighted by Crippen LogP contribution is 2.29. The van der Waals surface area contributed by atoms with Gasteiger partial charge in [-0.3, -0.25) is 0 Å². The zero-order chi connectivity index (χ0) is 10.8. The van der Waals surface area contributed by atoms with E-state index in [1.807, 2.05) is 12.1 Å². The van der Waals surface area contributed by atoms with Crippen LogP contribution in [0, 0.1) is 5.82 Å². The molecular weight excluding hydrogens is 257 g/mol. The molecule has 1 aromatic rings. The lowest BCUT2D eigenvalue weighted by Crippen LogP contribution is -2.20. The summed E-state index contributed by atoms with van der Waals surface area (Å²) >= 11 is 3.35. The zero-order valence-electron chi connectivity index (χ0n) is 8.34. The molecule has 1 unspecified atom stereocenters. The van der Waals surface area contributed by atoms with Crippen molar-refractivity contribution in [1.29, 1.82) is 0 Å². The van der Waals surface area contributed by atoms with Crippen LogP contribution in [0.15, 0.2) is 28.7 Å². The third-order valence-corrected chi connectivity index (χ3v) is 3.17. The third kappa shape index (κ3) is 2.47. The SMILES string of the molecule is NC1C=C(c2cc(Br)ccc2F)CCC1. The average Bonchev–Trinajstić information content (AvgIpc) is 2.22. The molecule has 1 aromatic carbocycles. The Morgan fingerprint density at radius 3 is 2.93 bits per heavy atom. The quantitative estimate of drug-likeness (QED) is 0.830. The maximum Gasteiger partial charge on any atom is 0.130 e. The first kappa shape index (κ1) is 10.8. The number of hydrogen-bond acceptors (Lipinski definition) is 1. The molecule has 2 rings (SSSR count). The van der Waals surface area contributed by atoms with Crippen molar-refractivity contribution in [3.63, 3.8) is 0 Å². The van der Waals surface area contributed by atoms with Gasteiger partial charge in [-0.2, -0.15) is 0 Å². The van der Waals surface area contributed by atoms with E-state index in [4.69, 9.17) is 5.73 Å². The Kier molecular flexibility index (Phi) is 3.22. The summed E-state index contributed by atoms with van der Waals surface area (Å²) in [7, 11) is 0. The molecule has 3 heteroatoms. The fourth-order valence-electron chi connectivity index (χ4n) is 1.92. The number of rotatable bonds is 1. The third-order valence-electron chi connectivity index (χ3n) is 2.67. The molecule has 80 valence electrons. The average molecular weight is 270 g/mol. The summed E-state index contributed by atoms with van der Waals surface area (Å²) in [6.07, 6.45) is 4.94. The van der Waals surface area contributed by atoms with Gasteiger partial charge in [0.1, 0.15) is 5.82 Å². The first-order chi connectivity index (χ1) is 7.16. The molecule has 0 fully saturated rings. The first-order valence-corrected chi connectivity index (χ1v) is 5.88. The van der Waals surface area contributed by atoms with E-state index in [2.05, 4.69) is 15.9 Å². The van der Waals surface area contributed by atoms with Crippen LogP contribution in [-0.2, 0) is 0 Å². The predicted molar refractivity (Wildman–Crippen MR) is 63.9 cm³/mol. The summed E-state index contributed by atoms with van der Waals surface area (Å²) in [5, 5.41) is 0. The molecule has 0 amide bonds. The van der Waals surface area contributed by atoms with E-state index in [9.17, 15) is 4.39 Å². The highest BCUT2D eigenvalue weighted by molar-refractivity contribution is 9.10. The Balaban J connectivity index is 2.40. The van der Waals surface area contributed by atoms with E-state index in [0.29, 0.717) is 5.56 Å². The second-order valence-corrected chi connectivity index (χ2v) is 4.79. The molecular formula is C12H13BrFN. The monoisotopic (exact) mass is 269 g/mol. The van der Waals surface area contributed by atoms with Crippen molar-refractivity contribution in [2.75, 3.05) is 0 Å². The summed E-state index contributed by atoms with van der Waals surface area (Å²) in [6.45, 7) is 0. The zero-order valence-corrected chi connectivity index (χ0v) is 9.93. The minimum Gasteiger partial charge on any atom is -0.324 e. The van der Waals surface area contributed by atoms with Crippen LogP contribution in [0.5, 0.6) is 0 Å². The standard InChI is InChI=1S/C12H13BrFN/c13-9-4-5-12(14)11(7-9)8-2-1-3-10(15)6-8/h4-7,10H,1-3,15H2. The van der Waals surface area contributed by atoms with Crippen LogP contribution in [0.1, 0.15) is 24.8 Å². The number of nitrogens with two attached hydrogens (primary N) is 1. The molecule has 0 heterocycles. The number of allylic oxidation sites excluding steroid dienone is 1. The highest BCUT2D eigenvalue weighted by atomic mass is 79.9. The fourth-order valence-corrected chi connectivity index (χ4v) is 2.28. The second kappa shape index (κ2) is 4.45. The molecule has 15 heavy (non-hydrogen) atoms. The van der Waals surface area contributed by atoms with Crippen molar-refractivity contribution in [3.05, 3.63) is 40.1 Å². The summed E-state index contributed by atoms with van der Waals surface area (Å²) < 4.78 is 14.5. The van der Waals surface area contributed by atoms with Gasteiger partial charge >= 0.3 is 0 Å². The molecule has 1 aliphatic rings. The smallest absolute Gasteiger partial charge is 0.130 e. The van der Waals surface area contributed by atoms with E-state index in [1.165, 1.54) is 6.07 Å². The lowest BCUT2D eigenvalue weighted by Gasteiger charge is -2.18. The molecule has 0 saturated carbocycles. The molecule has 0 aromatic heterocycles. The van der Waals surface area contributed by atoms with Crippen LogP contribution < -0.4 is 5.73 Å². The van der Waals surface area contributed by atoms with Crippen LogP contribution >= 0.6 is 15.9 Å². The molecule has 0 saturated heterocycles. The fraction of sp³-hybridized carbons (Fsp3) is 0.333. The second-order valence-electron chi connectivity index (χ2n) is 3.87. The topological polar surface area (TPSA) is 26.0 Å². The molecule has 0 aliphatic heterocycles. The van der Waals surface area contributed by atoms with Crippen LogP contribution in [0.4, 0.5) is 4.39 Å². The van der Waals surface area contributed by atoms with Crippen molar-refractivity contribution in [1.82, 2.24) is 0 Å². The van der Waals surface area contributed by atoms with E-state index in [-0.39, 0.29) is 11.9 Å². The van der Waals surface area contributed by atoms with Crippen LogP contribution in [0.2, 0.25) is 0 Å². The van der Waals surface area contributed by atoms with Crippen molar-refractivity contribution in [3.8, 4) is 0 Å². The summed E-state index contributed by atoms with van der Waals surface area (Å²) in [6, 6.07) is 5.09. The summed E-state index contributed by atoms with van der Waals surface area (Å²) in [5.74, 6) is -0.168. The minimum absolute atomic E-state index is 0.0760. The van der Waals surface area contributed by atoms with Gasteiger partial charge in [0.25, 0.3) is 0 Å². The number of benzene rings is 1. The molecule has 1 atom stereocenters. The summed E-state index contributed by atoms with van der Waals surface area (Å²) in [5.41, 5.74) is 7.55. The Morgan fingerprint density at radius 1 is 1.40 bits per heavy atom. The Bertz CT molecular complexity index is 401. The lowest BCUT2D eigenvalue weighted by molar-refractivity contribution is 0.615. The Morgan fingerprint density at radius 2 is 2.20 bits per heavy atom. The highest BCUT2D eigenvalue weighted by Gasteiger charge is 2.14. The van der Waals surface area contributed by atoms with Gasteiger partial charge in [-0.1, -0.05) is 22.0 Å². The maximum absolute atomic E-state index is 13.6. The lowest BCUT2D eigenvalue weighted by atomic mass is 9.91. The maximum atomic E-state index is 13.6. The van der Waals surface area contributed by atoms with Gasteiger partial charge in [0, 0.05) is 16.1 Å². The minimum atomic E-state index is -0.168. The van der Waals surface area contributed by atoms with Crippen molar-refractivity contribution < 1.29 is 4.39 Å². The Hall–Kier alpha value is -0.670. The number of halogens is 2. The van der Waals surface area contributed by atoms with E-state index >= 15 is 0 Å². The molecule has 0 bridgehead atoms. The van der Waals surface area contributed by atoms with Crippen molar-refractivity contribution >= 4 is 21.5 Å². The predicted octanol–water partition coefficient (Wildman–Crippen LogP) is 3.48. The van der Waals surface area contributed by atoms with E-state index in [0.717, 1.165) is 29.3 Å². The van der Waals surface area contributed by atoms with Crippen LogP contribution in [0.25, 0.3) is 5.57 Å². The molecule has 2 N–H and O–H groups in total. The molecule has 0 spiro atoms. The van der Waals surface area contributed by atoms with Gasteiger partial charge < -0.3 is 5.73 Å². The molecule has 1 nitrogen and oxygen atoms in total. The molecule has 0 radical (unpaired) electrons. The summed E-state index contributed by atoms with van der Waals surface area (Å²) in [4.78, 5) is 0. The van der Waals surface area contributed by atoms with Crippen LogP contribution in [0.3, 0.4) is 0 Å². The van der Waals surface area contributed by atoms with Crippen LogP contribution in [-0.4, -0.2) is 6.04 Å². The van der Waals surface area contributed by atoms with Gasteiger partial charge in [0.2, 0.25) is 0 Å². The van der Waals surface area contributed by atoms with Gasteiger partial charge in [-0.25, -0.2) is 4.39 Å². The van der Waals surface area contributed by atoms with Gasteiger partial charge in [0.15, 0.2) is 0 Å². The van der Waals surface area contributed by atoms with E-state index in [1.54, 1.807) is 6.07 Å². The van der Waals surface area contributed by atoms with Crippen molar-refractivity contribution in [2.45, 2.75) is 25.3 Å². The van der Waals surface area contributed by atoms with Gasteiger partial charge in [-0.15, -0.1) is 0 Å². The molecule has 1 aliphatic carbocycles. The van der Waals surface area contributed by atoms with Gasteiger partial charge in [0.05, 0.1) is 0 Å². The first-order valence-electron chi connectivity index (χ1n) is 5.08. The number of hydrogen-bond donors (Lipinski definition) is 1. The van der Waals surface area contributed by atoms with Gasteiger partial charge in [-0.05, 0) is 43.0 Å². The van der Waals surface area contributed by atoms with Crippen molar-refractivity contribution in [2.24, 2.45) is 5.73 Å². The Labute approximate surface area is 97.3 Å².